The zero-order chi connectivity index (χ0) is 24.0. The van der Waals surface area contributed by atoms with Crippen molar-refractivity contribution in [1.29, 1.82) is 0 Å². The van der Waals surface area contributed by atoms with Crippen molar-refractivity contribution in [2.24, 2.45) is 23.1 Å². The number of hydrogen-bond donors (Lipinski definition) is 7. The minimum Gasteiger partial charge on any atom is -0.480 e. The van der Waals surface area contributed by atoms with E-state index in [9.17, 15) is 24.0 Å². The van der Waals surface area contributed by atoms with Crippen molar-refractivity contribution in [3.8, 4) is 0 Å². The van der Waals surface area contributed by atoms with Gasteiger partial charge < -0.3 is 38.3 Å². The number of carboxylic acids is 1. The molecule has 0 fully saturated rings. The van der Waals surface area contributed by atoms with E-state index in [0.29, 0.717) is 25.8 Å². The molecule has 0 saturated heterocycles. The van der Waals surface area contributed by atoms with E-state index < -0.39 is 54.3 Å². The van der Waals surface area contributed by atoms with Crippen LogP contribution in [0, 0.1) is 5.92 Å². The summed E-state index contributed by atoms with van der Waals surface area (Å²) in [7, 11) is 0. The molecule has 4 amide bonds. The number of carbonyl (C=O) groups excluding carboxylic acids is 4. The van der Waals surface area contributed by atoms with Gasteiger partial charge in [-0.3, -0.25) is 24.0 Å². The highest BCUT2D eigenvalue weighted by Crippen LogP contribution is 2.08. The molecule has 0 spiro atoms. The van der Waals surface area contributed by atoms with Crippen molar-refractivity contribution in [3.63, 3.8) is 0 Å². The summed E-state index contributed by atoms with van der Waals surface area (Å²) in [4.78, 5) is 59.3. The standard InChI is InChI=1S/C19H36N6O6/c1-3-11(2)16(22)19(31)25-12(6-4-5-9-20)18(30)24-13(7-8-14(21)26)17(29)23-10-15(27)28/h11-13,16H,3-10,20,22H2,1-2H3,(H2,21,26)(H,23,29)(H,24,30)(H,25,31)(H,27,28). The number of carbonyl (C=O) groups is 5. The third kappa shape index (κ3) is 11.9. The van der Waals surface area contributed by atoms with Crippen LogP contribution >= 0.6 is 0 Å². The molecule has 12 heteroatoms. The summed E-state index contributed by atoms with van der Waals surface area (Å²) in [5.74, 6) is -3.97. The molecule has 0 rings (SSSR count). The minimum atomic E-state index is -1.26. The summed E-state index contributed by atoms with van der Waals surface area (Å²) in [5, 5.41) is 16.0. The number of primary amides is 1. The lowest BCUT2D eigenvalue weighted by Crippen LogP contribution is -2.56. The van der Waals surface area contributed by atoms with Gasteiger partial charge in [0.25, 0.3) is 0 Å². The summed E-state index contributed by atoms with van der Waals surface area (Å²) >= 11 is 0. The smallest absolute Gasteiger partial charge is 0.322 e. The Balaban J connectivity index is 5.33. The van der Waals surface area contributed by atoms with Crippen molar-refractivity contribution < 1.29 is 29.1 Å². The lowest BCUT2D eigenvalue weighted by Gasteiger charge is -2.25. The first-order valence-electron chi connectivity index (χ1n) is 10.4. The third-order valence-corrected chi connectivity index (χ3v) is 4.87. The average molecular weight is 445 g/mol. The van der Waals surface area contributed by atoms with E-state index in [0.717, 1.165) is 0 Å². The highest BCUT2D eigenvalue weighted by Gasteiger charge is 2.29. The van der Waals surface area contributed by atoms with Crippen LogP contribution in [0.1, 0.15) is 52.4 Å². The topological polar surface area (TPSA) is 220 Å². The van der Waals surface area contributed by atoms with Gasteiger partial charge in [0.2, 0.25) is 23.6 Å². The van der Waals surface area contributed by atoms with E-state index >= 15 is 0 Å². The molecule has 178 valence electrons. The van der Waals surface area contributed by atoms with Crippen LogP contribution in [-0.4, -0.2) is 65.9 Å². The number of nitrogens with one attached hydrogen (secondary N) is 3. The van der Waals surface area contributed by atoms with Gasteiger partial charge in [-0.2, -0.15) is 0 Å². The average Bonchev–Trinajstić information content (AvgIpc) is 2.72. The predicted octanol–water partition coefficient (Wildman–Crippen LogP) is -2.08. The van der Waals surface area contributed by atoms with Crippen molar-refractivity contribution in [1.82, 2.24) is 16.0 Å². The van der Waals surface area contributed by atoms with Crippen LogP contribution in [0.25, 0.3) is 0 Å². The number of unbranched alkanes of at least 4 members (excludes halogenated alkanes) is 1. The van der Waals surface area contributed by atoms with E-state index in [2.05, 4.69) is 16.0 Å². The monoisotopic (exact) mass is 444 g/mol. The maximum Gasteiger partial charge on any atom is 0.322 e. The second kappa shape index (κ2) is 15.1. The maximum absolute atomic E-state index is 12.8. The van der Waals surface area contributed by atoms with Gasteiger partial charge in [0.1, 0.15) is 18.6 Å². The fraction of sp³-hybridized carbons (Fsp3) is 0.737. The Bertz CT molecular complexity index is 629. The molecule has 0 saturated carbocycles. The third-order valence-electron chi connectivity index (χ3n) is 4.87. The summed E-state index contributed by atoms with van der Waals surface area (Å²) in [6, 6.07) is -2.98. The molecule has 12 nitrogen and oxygen atoms in total. The SMILES string of the molecule is CCC(C)C(N)C(=O)NC(CCCCN)C(=O)NC(CCC(N)=O)C(=O)NCC(=O)O. The van der Waals surface area contributed by atoms with Gasteiger partial charge in [-0.15, -0.1) is 0 Å². The summed E-state index contributed by atoms with van der Waals surface area (Å²) in [5.41, 5.74) is 16.5. The van der Waals surface area contributed by atoms with Crippen LogP contribution in [0.4, 0.5) is 0 Å². The quantitative estimate of drug-likeness (QED) is 0.131. The van der Waals surface area contributed by atoms with Gasteiger partial charge in [-0.25, -0.2) is 0 Å². The van der Waals surface area contributed by atoms with Crippen molar-refractivity contribution >= 4 is 29.6 Å². The molecule has 0 aliphatic rings. The first-order chi connectivity index (χ1) is 14.5. The zero-order valence-electron chi connectivity index (χ0n) is 18.2. The number of hydrogen-bond acceptors (Lipinski definition) is 7. The molecule has 4 unspecified atom stereocenters. The summed E-state index contributed by atoms with van der Waals surface area (Å²) in [6.07, 6.45) is 1.79. The van der Waals surface area contributed by atoms with Crippen molar-refractivity contribution in [2.45, 2.75) is 70.5 Å². The maximum atomic E-state index is 12.8. The molecule has 0 aliphatic heterocycles. The highest BCUT2D eigenvalue weighted by molar-refractivity contribution is 5.94. The molecule has 0 aromatic heterocycles. The van der Waals surface area contributed by atoms with Crippen molar-refractivity contribution in [3.05, 3.63) is 0 Å². The number of aliphatic carboxylic acids is 1. The van der Waals surface area contributed by atoms with Crippen LogP contribution < -0.4 is 33.2 Å². The minimum absolute atomic E-state index is 0.0992. The molecule has 10 N–H and O–H groups in total. The second-order valence-corrected chi connectivity index (χ2v) is 7.43. The predicted molar refractivity (Wildman–Crippen MR) is 113 cm³/mol. The van der Waals surface area contributed by atoms with E-state index in [1.165, 1.54) is 0 Å². The largest absolute Gasteiger partial charge is 0.480 e. The molecule has 31 heavy (non-hydrogen) atoms. The Morgan fingerprint density at radius 1 is 0.935 bits per heavy atom. The van der Waals surface area contributed by atoms with Gasteiger partial charge in [-0.05, 0) is 38.1 Å². The van der Waals surface area contributed by atoms with Crippen LogP contribution in [0.15, 0.2) is 0 Å². The van der Waals surface area contributed by atoms with Crippen LogP contribution in [0.5, 0.6) is 0 Å². The Morgan fingerprint density at radius 3 is 2.03 bits per heavy atom. The Morgan fingerprint density at radius 2 is 1.52 bits per heavy atom. The molecule has 0 aromatic rings. The Labute approximate surface area is 182 Å². The fourth-order valence-electron chi connectivity index (χ4n) is 2.66. The molecule has 0 bridgehead atoms. The van der Waals surface area contributed by atoms with E-state index in [4.69, 9.17) is 22.3 Å². The number of amides is 4. The summed E-state index contributed by atoms with van der Waals surface area (Å²) in [6.45, 7) is 3.47. The van der Waals surface area contributed by atoms with Gasteiger partial charge in [0.05, 0.1) is 6.04 Å². The number of carboxylic acid groups (broad SMARTS) is 1. The Hall–Kier alpha value is -2.73. The van der Waals surface area contributed by atoms with Crippen LogP contribution in [0.3, 0.4) is 0 Å². The zero-order valence-corrected chi connectivity index (χ0v) is 18.2. The van der Waals surface area contributed by atoms with Gasteiger partial charge in [-0.1, -0.05) is 20.3 Å². The Kier molecular flexibility index (Phi) is 13.8. The molecule has 0 aliphatic carbocycles. The molecular weight excluding hydrogens is 408 g/mol. The van der Waals surface area contributed by atoms with Gasteiger partial charge in [0.15, 0.2) is 0 Å². The molecule has 0 aromatic carbocycles. The highest BCUT2D eigenvalue weighted by atomic mass is 16.4. The second-order valence-electron chi connectivity index (χ2n) is 7.43. The van der Waals surface area contributed by atoms with E-state index in [1.807, 2.05) is 13.8 Å². The van der Waals surface area contributed by atoms with Crippen LogP contribution in [-0.2, 0) is 24.0 Å². The molecular formula is C19H36N6O6. The fourth-order valence-corrected chi connectivity index (χ4v) is 2.66. The first kappa shape index (κ1) is 28.3. The van der Waals surface area contributed by atoms with Gasteiger partial charge >= 0.3 is 5.97 Å². The molecule has 0 radical (unpaired) electrons. The number of nitrogens with two attached hydrogens (primary N) is 3. The summed E-state index contributed by atoms with van der Waals surface area (Å²) < 4.78 is 0. The normalized spacial score (nSPS) is 14.6. The van der Waals surface area contributed by atoms with E-state index in [-0.39, 0.29) is 25.2 Å². The molecule has 4 atom stereocenters. The molecule has 0 heterocycles. The lowest BCUT2D eigenvalue weighted by atomic mass is 9.98. The number of rotatable bonds is 16. The first-order valence-corrected chi connectivity index (χ1v) is 10.4. The van der Waals surface area contributed by atoms with Crippen molar-refractivity contribution in [2.75, 3.05) is 13.1 Å². The lowest BCUT2D eigenvalue weighted by molar-refractivity contribution is -0.138. The van der Waals surface area contributed by atoms with Gasteiger partial charge in [0, 0.05) is 6.42 Å². The van der Waals surface area contributed by atoms with E-state index in [1.54, 1.807) is 0 Å². The van der Waals surface area contributed by atoms with Crippen LogP contribution in [0.2, 0.25) is 0 Å².